The zero-order valence-corrected chi connectivity index (χ0v) is 18.7. The molecule has 0 aliphatic carbocycles. The van der Waals surface area contributed by atoms with Crippen molar-refractivity contribution in [2.24, 2.45) is 5.41 Å². The fraction of sp³-hybridized carbons (Fsp3) is 0.560. The van der Waals surface area contributed by atoms with Gasteiger partial charge in [0.25, 0.3) is 0 Å². The Bertz CT molecular complexity index is 833. The predicted octanol–water partition coefficient (Wildman–Crippen LogP) is 4.10. The van der Waals surface area contributed by atoms with E-state index >= 15 is 0 Å². The van der Waals surface area contributed by atoms with Gasteiger partial charge in [0.1, 0.15) is 5.60 Å². The van der Waals surface area contributed by atoms with E-state index in [-0.39, 0.29) is 5.41 Å². The first-order valence-corrected chi connectivity index (χ1v) is 10.6. The second-order valence-corrected chi connectivity index (χ2v) is 10.1. The Hall–Kier alpha value is -1.75. The topological polar surface area (TPSA) is 56.6 Å². The monoisotopic (exact) mass is 396 g/mol. The fourth-order valence-electron chi connectivity index (χ4n) is 4.62. The van der Waals surface area contributed by atoms with Crippen molar-refractivity contribution >= 4 is 0 Å². The molecule has 158 valence electrons. The summed E-state index contributed by atoms with van der Waals surface area (Å²) in [7, 11) is 2.09. The third kappa shape index (κ3) is 4.40. The van der Waals surface area contributed by atoms with Crippen LogP contribution in [-0.2, 0) is 12.0 Å². The van der Waals surface area contributed by atoms with Crippen LogP contribution in [0.5, 0.6) is 0 Å². The molecule has 0 radical (unpaired) electrons. The molecule has 0 amide bonds. The first-order chi connectivity index (χ1) is 13.4. The van der Waals surface area contributed by atoms with E-state index in [0.717, 1.165) is 36.2 Å². The second kappa shape index (κ2) is 7.82. The molecular weight excluding hydrogens is 360 g/mol. The van der Waals surface area contributed by atoms with Crippen molar-refractivity contribution in [3.63, 3.8) is 0 Å². The van der Waals surface area contributed by atoms with E-state index in [1.165, 1.54) is 5.56 Å². The number of hydrogen-bond acceptors (Lipinski definition) is 4. The van der Waals surface area contributed by atoms with Crippen LogP contribution in [0.3, 0.4) is 0 Å². The van der Waals surface area contributed by atoms with E-state index in [1.807, 2.05) is 20.0 Å². The molecule has 2 heterocycles. The number of pyridine rings is 1. The quantitative estimate of drug-likeness (QED) is 0.740. The van der Waals surface area contributed by atoms with Gasteiger partial charge in [-0.15, -0.1) is 0 Å². The minimum atomic E-state index is -1.12. The van der Waals surface area contributed by atoms with Gasteiger partial charge in [0.15, 0.2) is 0 Å². The highest BCUT2D eigenvalue weighted by Crippen LogP contribution is 2.50. The van der Waals surface area contributed by atoms with Crippen molar-refractivity contribution in [3.05, 3.63) is 65.0 Å². The third-order valence-electron chi connectivity index (χ3n) is 6.34. The summed E-state index contributed by atoms with van der Waals surface area (Å²) in [6, 6.07) is 10.5. The molecule has 1 unspecified atom stereocenters. The first kappa shape index (κ1) is 21.9. The smallest absolute Gasteiger partial charge is 0.124 e. The van der Waals surface area contributed by atoms with E-state index in [2.05, 4.69) is 68.0 Å². The molecular formula is C25H36N2O2. The molecule has 0 spiro atoms. The van der Waals surface area contributed by atoms with Crippen LogP contribution in [0.2, 0.25) is 0 Å². The van der Waals surface area contributed by atoms with Gasteiger partial charge in [-0.1, -0.05) is 45.0 Å². The Morgan fingerprint density at radius 2 is 1.69 bits per heavy atom. The normalized spacial score (nSPS) is 19.1. The Kier molecular flexibility index (Phi) is 5.92. The Morgan fingerprint density at radius 1 is 1.07 bits per heavy atom. The summed E-state index contributed by atoms with van der Waals surface area (Å²) < 4.78 is 0. The van der Waals surface area contributed by atoms with Gasteiger partial charge in [-0.05, 0) is 62.4 Å². The molecule has 0 bridgehead atoms. The lowest BCUT2D eigenvalue weighted by Crippen LogP contribution is -2.63. The molecule has 1 saturated heterocycles. The minimum Gasteiger partial charge on any atom is -0.390 e. The Morgan fingerprint density at radius 3 is 2.21 bits per heavy atom. The fourth-order valence-corrected chi connectivity index (χ4v) is 4.62. The van der Waals surface area contributed by atoms with E-state index in [1.54, 1.807) is 6.20 Å². The van der Waals surface area contributed by atoms with Gasteiger partial charge < -0.3 is 15.1 Å². The summed E-state index contributed by atoms with van der Waals surface area (Å²) in [5, 5.41) is 22.3. The maximum Gasteiger partial charge on any atom is 0.124 e. The van der Waals surface area contributed by atoms with Crippen molar-refractivity contribution in [2.45, 2.75) is 64.6 Å². The zero-order chi connectivity index (χ0) is 21.4. The lowest BCUT2D eigenvalue weighted by atomic mass is 9.62. The van der Waals surface area contributed by atoms with Crippen molar-refractivity contribution in [1.82, 2.24) is 9.88 Å². The van der Waals surface area contributed by atoms with Gasteiger partial charge in [0.05, 0.1) is 5.60 Å². The number of benzene rings is 1. The van der Waals surface area contributed by atoms with E-state index in [4.69, 9.17) is 0 Å². The van der Waals surface area contributed by atoms with Gasteiger partial charge in [-0.2, -0.15) is 0 Å². The number of nitrogens with zero attached hydrogens (tertiary/aromatic N) is 2. The largest absolute Gasteiger partial charge is 0.390 e. The summed E-state index contributed by atoms with van der Waals surface area (Å²) >= 11 is 0. The summed E-state index contributed by atoms with van der Waals surface area (Å²) in [5.41, 5.74) is 1.92. The molecule has 1 fully saturated rings. The molecule has 2 aromatic rings. The Labute approximate surface area is 175 Å². The van der Waals surface area contributed by atoms with Gasteiger partial charge in [0.2, 0.25) is 0 Å². The number of aryl methyl sites for hydroxylation is 1. The zero-order valence-electron chi connectivity index (χ0n) is 18.7. The molecule has 0 saturated carbocycles. The van der Waals surface area contributed by atoms with Crippen molar-refractivity contribution in [1.29, 1.82) is 0 Å². The molecule has 29 heavy (non-hydrogen) atoms. The summed E-state index contributed by atoms with van der Waals surface area (Å²) in [4.78, 5) is 6.69. The average Bonchev–Trinajstić information content (AvgIpc) is 2.64. The number of hydrogen-bond donors (Lipinski definition) is 2. The Balaban J connectivity index is 2.03. The van der Waals surface area contributed by atoms with Crippen LogP contribution in [0.1, 0.15) is 69.2 Å². The first-order valence-electron chi connectivity index (χ1n) is 10.6. The highest BCUT2D eigenvalue weighted by atomic mass is 16.3. The maximum atomic E-state index is 12.2. The van der Waals surface area contributed by atoms with Crippen LogP contribution >= 0.6 is 0 Å². The van der Waals surface area contributed by atoms with Crippen LogP contribution in [-0.4, -0.2) is 45.8 Å². The van der Waals surface area contributed by atoms with E-state index in [9.17, 15) is 10.2 Å². The highest BCUT2D eigenvalue weighted by molar-refractivity contribution is 5.42. The van der Waals surface area contributed by atoms with Crippen LogP contribution in [0.15, 0.2) is 42.7 Å². The molecule has 1 atom stereocenters. The standard InChI is InChI=1S/C25H36N2O2/c1-18(2)20-7-9-21(10-8-20)25(29,24(5)16-27(6)17-24)22-13-19(14-26-15-22)11-12-23(3,4)28/h7-10,13-15,18,28-29H,11-12,16-17H2,1-6H3. The van der Waals surface area contributed by atoms with Crippen LogP contribution in [0.25, 0.3) is 0 Å². The summed E-state index contributed by atoms with van der Waals surface area (Å²) in [5.74, 6) is 0.453. The van der Waals surface area contributed by atoms with Crippen LogP contribution in [0.4, 0.5) is 0 Å². The summed E-state index contributed by atoms with van der Waals surface area (Å²) in [6.07, 6.45) is 5.02. The number of rotatable bonds is 7. The lowest BCUT2D eigenvalue weighted by molar-refractivity contribution is -0.127. The maximum absolute atomic E-state index is 12.2. The van der Waals surface area contributed by atoms with Crippen molar-refractivity contribution < 1.29 is 10.2 Å². The van der Waals surface area contributed by atoms with Crippen LogP contribution < -0.4 is 0 Å². The molecule has 3 rings (SSSR count). The second-order valence-electron chi connectivity index (χ2n) is 10.1. The molecule has 2 N–H and O–H groups in total. The minimum absolute atomic E-state index is 0.294. The van der Waals surface area contributed by atoms with E-state index in [0.29, 0.717) is 12.3 Å². The van der Waals surface area contributed by atoms with Crippen LogP contribution in [0, 0.1) is 5.41 Å². The molecule has 4 nitrogen and oxygen atoms in total. The SMILES string of the molecule is CC(C)c1ccc(C(O)(c2cncc(CCC(C)(C)O)c2)C2(C)CN(C)C2)cc1. The van der Waals surface area contributed by atoms with Gasteiger partial charge in [-0.3, -0.25) is 4.98 Å². The summed E-state index contributed by atoms with van der Waals surface area (Å²) in [6.45, 7) is 11.8. The van der Waals surface area contributed by atoms with Gasteiger partial charge >= 0.3 is 0 Å². The lowest BCUT2D eigenvalue weighted by Gasteiger charge is -2.56. The average molecular weight is 397 g/mol. The molecule has 1 aromatic carbocycles. The molecule has 1 aliphatic heterocycles. The molecule has 4 heteroatoms. The molecule has 1 aliphatic rings. The third-order valence-corrected chi connectivity index (χ3v) is 6.34. The molecule has 1 aromatic heterocycles. The van der Waals surface area contributed by atoms with E-state index < -0.39 is 11.2 Å². The van der Waals surface area contributed by atoms with Crippen molar-refractivity contribution in [2.75, 3.05) is 20.1 Å². The highest BCUT2D eigenvalue weighted by Gasteiger charge is 2.55. The number of likely N-dealkylation sites (tertiary alicyclic amines) is 1. The number of aromatic nitrogens is 1. The van der Waals surface area contributed by atoms with Gasteiger partial charge in [0, 0.05) is 36.5 Å². The predicted molar refractivity (Wildman–Crippen MR) is 118 cm³/mol. The number of aliphatic hydroxyl groups is 2. The van der Waals surface area contributed by atoms with Crippen molar-refractivity contribution in [3.8, 4) is 0 Å². The van der Waals surface area contributed by atoms with Gasteiger partial charge in [-0.25, -0.2) is 0 Å².